The molecule has 0 aliphatic carbocycles. The van der Waals surface area contributed by atoms with Crippen LogP contribution in [0.5, 0.6) is 5.75 Å². The maximum Gasteiger partial charge on any atom is 0.262 e. The fourth-order valence-electron chi connectivity index (χ4n) is 8.26. The minimum atomic E-state index is -1.03. The number of imide groups is 2. The Bertz CT molecular complexity index is 2650. The van der Waals surface area contributed by atoms with Gasteiger partial charge in [-0.3, -0.25) is 53.6 Å². The second-order valence-electron chi connectivity index (χ2n) is 17.7. The van der Waals surface area contributed by atoms with Crippen molar-refractivity contribution in [2.24, 2.45) is 0 Å². The molecule has 2 atom stereocenters. The summed E-state index contributed by atoms with van der Waals surface area (Å²) in [7, 11) is 0. The number of hydrogen-bond acceptors (Lipinski definition) is 12. The monoisotopic (exact) mass is 928 g/mol. The van der Waals surface area contributed by atoms with Crippen LogP contribution < -0.4 is 25.6 Å². The number of carbonyl (C=O) groups excluding carboxylic acids is 7. The maximum absolute atomic E-state index is 13.9. The van der Waals surface area contributed by atoms with Crippen molar-refractivity contribution in [1.29, 1.82) is 0 Å². The fourth-order valence-corrected chi connectivity index (χ4v) is 8.98. The molecule has 1 unspecified atom stereocenters. The molecule has 2 aromatic heterocycles. The van der Waals surface area contributed by atoms with Crippen molar-refractivity contribution >= 4 is 64.0 Å². The number of nitrogens with zero attached hydrogens (tertiary/aromatic N) is 5. The average molecular weight is 929 g/mol. The zero-order valence-electron chi connectivity index (χ0n) is 37.4. The van der Waals surface area contributed by atoms with Gasteiger partial charge in [0.1, 0.15) is 24.4 Å². The van der Waals surface area contributed by atoms with Crippen LogP contribution in [0.1, 0.15) is 83.1 Å². The third-order valence-electron chi connectivity index (χ3n) is 12.1. The molecule has 3 aliphatic heterocycles. The van der Waals surface area contributed by atoms with E-state index in [-0.39, 0.29) is 54.7 Å². The van der Waals surface area contributed by atoms with Gasteiger partial charge in [-0.05, 0) is 82.0 Å². The first kappa shape index (κ1) is 46.5. The van der Waals surface area contributed by atoms with Crippen LogP contribution >= 0.6 is 11.3 Å². The number of anilines is 2. The largest absolute Gasteiger partial charge is 0.492 e. The van der Waals surface area contributed by atoms with Crippen LogP contribution in [-0.2, 0) is 36.1 Å². The number of amides is 7. The maximum atomic E-state index is 13.9. The highest BCUT2D eigenvalue weighted by Crippen LogP contribution is 2.31. The summed E-state index contributed by atoms with van der Waals surface area (Å²) in [5.41, 5.74) is 3.58. The van der Waals surface area contributed by atoms with Crippen molar-refractivity contribution in [1.82, 2.24) is 30.0 Å². The number of thiazole rings is 1. The molecule has 5 heterocycles. The second kappa shape index (κ2) is 20.2. The number of hydrogen-bond donors (Lipinski definition) is 3. The van der Waals surface area contributed by atoms with Gasteiger partial charge in [-0.1, -0.05) is 42.5 Å². The Morgan fingerprint density at radius 1 is 0.955 bits per heavy atom. The molecule has 348 valence electrons. The van der Waals surface area contributed by atoms with E-state index in [4.69, 9.17) is 9.47 Å². The number of carbonyl (C=O) groups is 7. The molecule has 67 heavy (non-hydrogen) atoms. The van der Waals surface area contributed by atoms with E-state index in [1.807, 2.05) is 73.4 Å². The van der Waals surface area contributed by atoms with Gasteiger partial charge in [0.05, 0.1) is 35.7 Å². The summed E-state index contributed by atoms with van der Waals surface area (Å²) in [6.07, 6.45) is 5.95. The van der Waals surface area contributed by atoms with E-state index in [1.54, 1.807) is 36.4 Å². The molecular weight excluding hydrogens is 877 g/mol. The van der Waals surface area contributed by atoms with Gasteiger partial charge in [0.15, 0.2) is 5.13 Å². The van der Waals surface area contributed by atoms with Gasteiger partial charge in [-0.25, -0.2) is 4.98 Å². The summed E-state index contributed by atoms with van der Waals surface area (Å²) in [5.74, 6) is -2.46. The van der Waals surface area contributed by atoms with Crippen LogP contribution in [0.25, 0.3) is 11.3 Å². The predicted octanol–water partition coefficient (Wildman–Crippen LogP) is 5.23. The lowest BCUT2D eigenvalue weighted by Crippen LogP contribution is -2.54. The van der Waals surface area contributed by atoms with Crippen LogP contribution in [0.3, 0.4) is 0 Å². The van der Waals surface area contributed by atoms with Crippen molar-refractivity contribution in [3.63, 3.8) is 0 Å². The van der Waals surface area contributed by atoms with E-state index in [1.165, 1.54) is 28.4 Å². The number of nitrogens with one attached hydrogen (secondary N) is 3. The molecule has 3 aliphatic rings. The lowest BCUT2D eigenvalue weighted by atomic mass is 10.0. The summed E-state index contributed by atoms with van der Waals surface area (Å²) >= 11 is 1.29. The van der Waals surface area contributed by atoms with E-state index in [9.17, 15) is 33.6 Å². The summed E-state index contributed by atoms with van der Waals surface area (Å²) in [4.78, 5) is 99.0. The molecule has 5 aromatic rings. The number of piperidine rings is 2. The summed E-state index contributed by atoms with van der Waals surface area (Å²) < 4.78 is 14.0. The number of aromatic nitrogens is 2. The molecule has 0 bridgehead atoms. The average Bonchev–Trinajstić information content (AvgIpc) is 4.06. The van der Waals surface area contributed by atoms with Gasteiger partial charge in [-0.15, -0.1) is 11.3 Å². The van der Waals surface area contributed by atoms with Crippen molar-refractivity contribution < 1.29 is 43.0 Å². The van der Waals surface area contributed by atoms with E-state index < -0.39 is 41.6 Å². The summed E-state index contributed by atoms with van der Waals surface area (Å²) in [6, 6.07) is 21.1. The van der Waals surface area contributed by atoms with Crippen molar-refractivity contribution in [2.75, 3.05) is 43.1 Å². The summed E-state index contributed by atoms with van der Waals surface area (Å²) in [6.45, 7) is 8.58. The standard InChI is InChI=1S/C49H52N8O9S/c1-49(2,3)55-22-19-35(26-55)56(30-58)41(45(62)53-48-51-39(29-67-48)32-7-5-4-6-8-32)28-65-27-31-9-11-33(12-10-31)43(60)50-34-17-20-54(21-18-34)23-24-66-36-13-14-37-38(25-36)47(64)57(46(37)63)40-15-16-42(59)52-44(40)61/h4-14,19,22,25-26,29-30,34,40-41H,15-18,20-21,23-24,27-28H2,1-3H3,(H,50,60)(H,51,53,62)(H,52,59,61)/t40?,41-/m0/s1. The zero-order chi connectivity index (χ0) is 47.2. The number of fused-ring (bicyclic) bond motifs is 1. The molecule has 0 saturated carbocycles. The first-order valence-corrected chi connectivity index (χ1v) is 23.1. The van der Waals surface area contributed by atoms with Crippen LogP contribution in [0.2, 0.25) is 0 Å². The molecule has 3 aromatic carbocycles. The van der Waals surface area contributed by atoms with Crippen LogP contribution in [-0.4, -0.2) is 112 Å². The Morgan fingerprint density at radius 2 is 1.70 bits per heavy atom. The van der Waals surface area contributed by atoms with E-state index in [2.05, 4.69) is 25.8 Å². The third kappa shape index (κ3) is 10.8. The zero-order valence-corrected chi connectivity index (χ0v) is 38.3. The molecule has 2 fully saturated rings. The number of likely N-dealkylation sites (tertiary alicyclic amines) is 1. The Balaban J connectivity index is 0.796. The SMILES string of the molecule is CC(C)(C)n1ccc(N(C=O)[C@@H](COCc2ccc(C(=O)NC3CCN(CCOc4ccc5c(c4)C(=O)N(C4CCC(=O)NC4=O)C5=O)CC3)cc2)C(=O)Nc2nc(-c3ccccc3)cs2)c1. The molecule has 8 rings (SSSR count). The first-order chi connectivity index (χ1) is 32.2. The highest BCUT2D eigenvalue weighted by Gasteiger charge is 2.44. The van der Waals surface area contributed by atoms with E-state index in [0.717, 1.165) is 47.7 Å². The van der Waals surface area contributed by atoms with Crippen molar-refractivity contribution in [3.05, 3.63) is 119 Å². The van der Waals surface area contributed by atoms with Crippen LogP contribution in [0.4, 0.5) is 10.8 Å². The second-order valence-corrected chi connectivity index (χ2v) is 18.5. The topological polar surface area (TPSA) is 202 Å². The fraction of sp³-hybridized carbons (Fsp3) is 0.347. The predicted molar refractivity (Wildman–Crippen MR) is 250 cm³/mol. The van der Waals surface area contributed by atoms with Crippen LogP contribution in [0, 0.1) is 0 Å². The minimum Gasteiger partial charge on any atom is -0.492 e. The van der Waals surface area contributed by atoms with Crippen molar-refractivity contribution in [2.45, 2.75) is 76.7 Å². The Labute approximate surface area is 391 Å². The highest BCUT2D eigenvalue weighted by molar-refractivity contribution is 7.14. The lowest BCUT2D eigenvalue weighted by Gasteiger charge is -2.32. The lowest BCUT2D eigenvalue weighted by molar-refractivity contribution is -0.136. The van der Waals surface area contributed by atoms with Gasteiger partial charge in [0.2, 0.25) is 18.2 Å². The molecule has 17 nitrogen and oxygen atoms in total. The first-order valence-electron chi connectivity index (χ1n) is 22.2. The quantitative estimate of drug-likeness (QED) is 0.0815. The smallest absolute Gasteiger partial charge is 0.262 e. The Hall–Kier alpha value is -7.02. The van der Waals surface area contributed by atoms with E-state index in [0.29, 0.717) is 41.7 Å². The van der Waals surface area contributed by atoms with Gasteiger partial charge in [-0.2, -0.15) is 0 Å². The van der Waals surface area contributed by atoms with Gasteiger partial charge in [0.25, 0.3) is 23.6 Å². The minimum absolute atomic E-state index is 0.0151. The number of rotatable bonds is 17. The van der Waals surface area contributed by atoms with Gasteiger partial charge in [0, 0.05) is 66.5 Å². The normalized spacial score (nSPS) is 17.2. The molecule has 3 N–H and O–H groups in total. The Kier molecular flexibility index (Phi) is 14.0. The summed E-state index contributed by atoms with van der Waals surface area (Å²) in [5, 5.41) is 10.5. The van der Waals surface area contributed by atoms with Crippen LogP contribution in [0.15, 0.2) is 96.6 Å². The number of benzene rings is 3. The molecular formula is C49H52N8O9S. The molecule has 7 amide bonds. The Morgan fingerprint density at radius 3 is 2.40 bits per heavy atom. The molecule has 0 radical (unpaired) electrons. The molecule has 18 heteroatoms. The van der Waals surface area contributed by atoms with Crippen molar-refractivity contribution in [3.8, 4) is 17.0 Å². The molecule has 2 saturated heterocycles. The number of ether oxygens (including phenoxy) is 2. The van der Waals surface area contributed by atoms with Gasteiger partial charge < -0.3 is 24.7 Å². The third-order valence-corrected chi connectivity index (χ3v) is 12.8. The van der Waals surface area contributed by atoms with E-state index >= 15 is 0 Å². The highest BCUT2D eigenvalue weighted by atomic mass is 32.1. The molecule has 0 spiro atoms. The van der Waals surface area contributed by atoms with Gasteiger partial charge >= 0.3 is 0 Å².